The summed E-state index contributed by atoms with van der Waals surface area (Å²) in [5.74, 6) is -0.708. The van der Waals surface area contributed by atoms with E-state index in [-0.39, 0.29) is 0 Å². The molecule has 15 heavy (non-hydrogen) atoms. The molecule has 0 aromatic heterocycles. The number of hydrogen-bond donors (Lipinski definition) is 2. The van der Waals surface area contributed by atoms with E-state index in [4.69, 9.17) is 0 Å². The number of piperidine rings is 1. The molecule has 0 aliphatic carbocycles. The van der Waals surface area contributed by atoms with Crippen molar-refractivity contribution in [3.05, 3.63) is 0 Å². The molecule has 0 spiro atoms. The molecule has 0 unspecified atom stereocenters. The van der Waals surface area contributed by atoms with Gasteiger partial charge in [-0.15, -0.1) is 0 Å². The molecule has 1 fully saturated rings. The predicted octanol–water partition coefficient (Wildman–Crippen LogP) is 0.925. The van der Waals surface area contributed by atoms with E-state index >= 15 is 0 Å². The molecule has 0 amide bonds. The van der Waals surface area contributed by atoms with Crippen LogP contribution in [0.3, 0.4) is 0 Å². The Hall–Kier alpha value is -0.610. The van der Waals surface area contributed by atoms with Crippen molar-refractivity contribution in [1.29, 1.82) is 0 Å². The van der Waals surface area contributed by atoms with Gasteiger partial charge in [-0.2, -0.15) is 0 Å². The van der Waals surface area contributed by atoms with Gasteiger partial charge >= 0.3 is 5.97 Å². The summed E-state index contributed by atoms with van der Waals surface area (Å²) in [7, 11) is 1.75. The van der Waals surface area contributed by atoms with E-state index < -0.39 is 11.5 Å². The first-order valence-corrected chi connectivity index (χ1v) is 5.79. The Labute approximate surface area is 91.6 Å². The van der Waals surface area contributed by atoms with Gasteiger partial charge < -0.3 is 15.3 Å². The molecular weight excluding hydrogens is 192 g/mol. The van der Waals surface area contributed by atoms with Crippen molar-refractivity contribution in [2.24, 2.45) is 0 Å². The van der Waals surface area contributed by atoms with Crippen LogP contribution in [0.15, 0.2) is 0 Å². The van der Waals surface area contributed by atoms with Gasteiger partial charge in [0.15, 0.2) is 0 Å². The number of nitrogens with zero attached hydrogens (tertiary/aromatic N) is 1. The SMILES string of the molecule is CCCCN1CCC(NC)(C(=O)O)CC1. The van der Waals surface area contributed by atoms with E-state index in [0.29, 0.717) is 12.8 Å². The van der Waals surface area contributed by atoms with Crippen LogP contribution in [0.2, 0.25) is 0 Å². The van der Waals surface area contributed by atoms with Crippen LogP contribution in [0, 0.1) is 0 Å². The molecule has 1 aliphatic heterocycles. The van der Waals surface area contributed by atoms with Gasteiger partial charge in [-0.25, -0.2) is 0 Å². The molecule has 88 valence electrons. The Bertz CT molecular complexity index is 211. The minimum absolute atomic E-state index is 0.678. The van der Waals surface area contributed by atoms with Crippen LogP contribution in [0.5, 0.6) is 0 Å². The summed E-state index contributed by atoms with van der Waals surface area (Å²) in [4.78, 5) is 13.5. The summed E-state index contributed by atoms with van der Waals surface area (Å²) in [6.07, 6.45) is 3.83. The lowest BCUT2D eigenvalue weighted by molar-refractivity contribution is -0.146. The normalized spacial score (nSPS) is 21.5. The van der Waals surface area contributed by atoms with Gasteiger partial charge in [-0.1, -0.05) is 13.3 Å². The average molecular weight is 214 g/mol. The molecule has 1 aliphatic rings. The number of unbranched alkanes of at least 4 members (excludes halogenated alkanes) is 1. The zero-order valence-electron chi connectivity index (χ0n) is 9.75. The first-order valence-electron chi connectivity index (χ1n) is 5.79. The monoisotopic (exact) mass is 214 g/mol. The van der Waals surface area contributed by atoms with Crippen molar-refractivity contribution < 1.29 is 9.90 Å². The number of rotatable bonds is 5. The summed E-state index contributed by atoms with van der Waals surface area (Å²) >= 11 is 0. The van der Waals surface area contributed by atoms with Crippen molar-refractivity contribution in [1.82, 2.24) is 10.2 Å². The molecule has 4 nitrogen and oxygen atoms in total. The molecule has 0 aromatic rings. The summed E-state index contributed by atoms with van der Waals surface area (Å²) in [5.41, 5.74) is -0.678. The van der Waals surface area contributed by atoms with Crippen LogP contribution in [0.1, 0.15) is 32.6 Å². The summed E-state index contributed by atoms with van der Waals surface area (Å²) in [6, 6.07) is 0. The number of likely N-dealkylation sites (tertiary alicyclic amines) is 1. The molecule has 1 rings (SSSR count). The second-order valence-corrected chi connectivity index (χ2v) is 4.33. The number of nitrogens with one attached hydrogen (secondary N) is 1. The molecule has 0 atom stereocenters. The fraction of sp³-hybridized carbons (Fsp3) is 0.909. The molecule has 0 radical (unpaired) electrons. The second-order valence-electron chi connectivity index (χ2n) is 4.33. The number of carbonyl (C=O) groups is 1. The highest BCUT2D eigenvalue weighted by molar-refractivity contribution is 5.78. The van der Waals surface area contributed by atoms with Gasteiger partial charge in [-0.3, -0.25) is 4.79 Å². The maximum atomic E-state index is 11.1. The van der Waals surface area contributed by atoms with Gasteiger partial charge in [0.2, 0.25) is 0 Å². The zero-order chi connectivity index (χ0) is 11.3. The minimum atomic E-state index is -0.708. The van der Waals surface area contributed by atoms with E-state index in [0.717, 1.165) is 19.6 Å². The van der Waals surface area contributed by atoms with Crippen LogP contribution < -0.4 is 5.32 Å². The molecular formula is C11H22N2O2. The largest absolute Gasteiger partial charge is 0.480 e. The molecule has 0 aromatic carbocycles. The molecule has 4 heteroatoms. The summed E-state index contributed by atoms with van der Waals surface area (Å²) in [5, 5.41) is 12.1. The Morgan fingerprint density at radius 1 is 1.47 bits per heavy atom. The van der Waals surface area contributed by atoms with Crippen LogP contribution >= 0.6 is 0 Å². The van der Waals surface area contributed by atoms with E-state index in [1.54, 1.807) is 7.05 Å². The molecule has 1 heterocycles. The van der Waals surface area contributed by atoms with Crippen molar-refractivity contribution >= 4 is 5.97 Å². The Kier molecular flexibility index (Phi) is 4.54. The number of likely N-dealkylation sites (N-methyl/N-ethyl adjacent to an activating group) is 1. The fourth-order valence-corrected chi connectivity index (χ4v) is 2.11. The Morgan fingerprint density at radius 2 is 2.07 bits per heavy atom. The lowest BCUT2D eigenvalue weighted by atomic mass is 9.87. The summed E-state index contributed by atoms with van der Waals surface area (Å²) in [6.45, 7) is 5.08. The number of carboxylic acid groups (broad SMARTS) is 1. The predicted molar refractivity (Wildman–Crippen MR) is 60.0 cm³/mol. The third kappa shape index (κ3) is 2.92. The number of aliphatic carboxylic acids is 1. The van der Waals surface area contributed by atoms with Gasteiger partial charge in [0, 0.05) is 13.1 Å². The van der Waals surface area contributed by atoms with Crippen molar-refractivity contribution in [2.75, 3.05) is 26.7 Å². The van der Waals surface area contributed by atoms with Crippen molar-refractivity contribution in [3.8, 4) is 0 Å². The standard InChI is InChI=1S/C11H22N2O2/c1-3-4-7-13-8-5-11(12-2,6-9-13)10(14)15/h12H,3-9H2,1-2H3,(H,14,15). The van der Waals surface area contributed by atoms with Crippen LogP contribution in [0.4, 0.5) is 0 Å². The average Bonchev–Trinajstić information content (AvgIpc) is 2.27. The van der Waals surface area contributed by atoms with Gasteiger partial charge in [0.25, 0.3) is 0 Å². The third-order valence-corrected chi connectivity index (χ3v) is 3.43. The van der Waals surface area contributed by atoms with Gasteiger partial charge in [-0.05, 0) is 32.9 Å². The van der Waals surface area contributed by atoms with E-state index in [2.05, 4.69) is 17.1 Å². The highest BCUT2D eigenvalue weighted by Crippen LogP contribution is 2.22. The first kappa shape index (κ1) is 12.5. The molecule has 0 saturated carbocycles. The van der Waals surface area contributed by atoms with Crippen LogP contribution in [-0.2, 0) is 4.79 Å². The highest BCUT2D eigenvalue weighted by Gasteiger charge is 2.39. The van der Waals surface area contributed by atoms with Crippen molar-refractivity contribution in [3.63, 3.8) is 0 Å². The molecule has 1 saturated heterocycles. The topological polar surface area (TPSA) is 52.6 Å². The maximum absolute atomic E-state index is 11.1. The smallest absolute Gasteiger partial charge is 0.323 e. The number of hydrogen-bond acceptors (Lipinski definition) is 3. The van der Waals surface area contributed by atoms with E-state index in [9.17, 15) is 9.90 Å². The Balaban J connectivity index is 2.42. The van der Waals surface area contributed by atoms with Gasteiger partial charge in [0.1, 0.15) is 5.54 Å². The third-order valence-electron chi connectivity index (χ3n) is 3.43. The maximum Gasteiger partial charge on any atom is 0.323 e. The first-order chi connectivity index (χ1) is 7.14. The fourth-order valence-electron chi connectivity index (χ4n) is 2.11. The minimum Gasteiger partial charge on any atom is -0.480 e. The summed E-state index contributed by atoms with van der Waals surface area (Å²) < 4.78 is 0. The lowest BCUT2D eigenvalue weighted by Gasteiger charge is -2.38. The lowest BCUT2D eigenvalue weighted by Crippen LogP contribution is -2.57. The quantitative estimate of drug-likeness (QED) is 0.714. The van der Waals surface area contributed by atoms with E-state index in [1.807, 2.05) is 0 Å². The van der Waals surface area contributed by atoms with Crippen LogP contribution in [-0.4, -0.2) is 48.2 Å². The van der Waals surface area contributed by atoms with Gasteiger partial charge in [0.05, 0.1) is 0 Å². The zero-order valence-corrected chi connectivity index (χ0v) is 9.75. The van der Waals surface area contributed by atoms with Crippen LogP contribution in [0.25, 0.3) is 0 Å². The highest BCUT2D eigenvalue weighted by atomic mass is 16.4. The van der Waals surface area contributed by atoms with Crippen molar-refractivity contribution in [2.45, 2.75) is 38.1 Å². The number of carboxylic acids is 1. The molecule has 2 N–H and O–H groups in total. The second kappa shape index (κ2) is 5.47. The Morgan fingerprint density at radius 3 is 2.47 bits per heavy atom. The molecule has 0 bridgehead atoms. The van der Waals surface area contributed by atoms with E-state index in [1.165, 1.54) is 12.8 Å².